The van der Waals surface area contributed by atoms with Gasteiger partial charge >= 0.3 is 0 Å². The van der Waals surface area contributed by atoms with Crippen molar-refractivity contribution in [3.05, 3.63) is 23.8 Å². The molecule has 3 nitrogen and oxygen atoms in total. The van der Waals surface area contributed by atoms with Crippen LogP contribution >= 0.6 is 24.8 Å². The van der Waals surface area contributed by atoms with Gasteiger partial charge < -0.3 is 5.73 Å². The van der Waals surface area contributed by atoms with Crippen molar-refractivity contribution in [3.8, 4) is 0 Å². The molecule has 0 spiro atoms. The Morgan fingerprint density at radius 1 is 1.42 bits per heavy atom. The van der Waals surface area contributed by atoms with E-state index in [1.807, 2.05) is 19.9 Å². The Hall–Kier alpha value is -0.380. The summed E-state index contributed by atoms with van der Waals surface area (Å²) in [5, 5.41) is 0. The average molecular weight is 210 g/mol. The van der Waals surface area contributed by atoms with Crippen molar-refractivity contribution in [1.29, 1.82) is 0 Å². The minimum Gasteiger partial charge on any atom is -0.322 e. The summed E-state index contributed by atoms with van der Waals surface area (Å²) in [5.74, 6) is 0.708. The van der Waals surface area contributed by atoms with Crippen molar-refractivity contribution in [2.45, 2.75) is 19.9 Å². The highest BCUT2D eigenvalue weighted by Gasteiger charge is 2.00. The van der Waals surface area contributed by atoms with Crippen LogP contribution in [0.15, 0.2) is 12.3 Å². The summed E-state index contributed by atoms with van der Waals surface area (Å²) in [5.41, 5.74) is 6.52. The normalized spacial score (nSPS) is 10.9. The Kier molecular flexibility index (Phi) is 7.28. The lowest BCUT2D eigenvalue weighted by molar-refractivity contribution is 0.733. The number of nitrogens with two attached hydrogens (primary N) is 1. The Balaban J connectivity index is 0. The molecule has 0 aromatic carbocycles. The largest absolute Gasteiger partial charge is 0.322 e. The molecule has 0 aliphatic rings. The zero-order chi connectivity index (χ0) is 7.56. The standard InChI is InChI=1S/C7H11N3.2ClH/c1-5-3-4-9-7(10-5)6(2)8;;/h3-4,6H,8H2,1-2H3;2*1H. The van der Waals surface area contributed by atoms with Crippen molar-refractivity contribution in [2.75, 3.05) is 0 Å². The smallest absolute Gasteiger partial charge is 0.144 e. The van der Waals surface area contributed by atoms with E-state index >= 15 is 0 Å². The molecule has 0 amide bonds. The second kappa shape index (κ2) is 6.17. The topological polar surface area (TPSA) is 51.8 Å². The number of hydrogen-bond donors (Lipinski definition) is 1. The molecular weight excluding hydrogens is 197 g/mol. The molecule has 70 valence electrons. The van der Waals surface area contributed by atoms with E-state index in [1.54, 1.807) is 6.20 Å². The molecule has 1 heterocycles. The maximum Gasteiger partial charge on any atom is 0.144 e. The van der Waals surface area contributed by atoms with Gasteiger partial charge in [-0.05, 0) is 19.9 Å². The van der Waals surface area contributed by atoms with E-state index in [2.05, 4.69) is 9.97 Å². The third-order valence-corrected chi connectivity index (χ3v) is 1.22. The third-order valence-electron chi connectivity index (χ3n) is 1.22. The van der Waals surface area contributed by atoms with Crippen LogP contribution in [0.1, 0.15) is 24.5 Å². The molecule has 0 fully saturated rings. The first-order valence-electron chi connectivity index (χ1n) is 3.25. The van der Waals surface area contributed by atoms with Crippen molar-refractivity contribution in [3.63, 3.8) is 0 Å². The summed E-state index contributed by atoms with van der Waals surface area (Å²) in [6.45, 7) is 3.79. The fraction of sp³-hybridized carbons (Fsp3) is 0.429. The Labute approximate surface area is 84.6 Å². The Morgan fingerprint density at radius 3 is 2.33 bits per heavy atom. The summed E-state index contributed by atoms with van der Waals surface area (Å²) < 4.78 is 0. The van der Waals surface area contributed by atoms with Gasteiger partial charge in [-0.2, -0.15) is 0 Å². The minimum absolute atomic E-state index is 0. The van der Waals surface area contributed by atoms with Crippen LogP contribution in [0.5, 0.6) is 0 Å². The predicted octanol–water partition coefficient (Wildman–Crippen LogP) is 1.65. The van der Waals surface area contributed by atoms with Crippen molar-refractivity contribution >= 4 is 24.8 Å². The zero-order valence-corrected chi connectivity index (χ0v) is 8.65. The van der Waals surface area contributed by atoms with Gasteiger partial charge in [0.1, 0.15) is 5.82 Å². The monoisotopic (exact) mass is 209 g/mol. The van der Waals surface area contributed by atoms with Gasteiger partial charge in [0.2, 0.25) is 0 Å². The summed E-state index contributed by atoms with van der Waals surface area (Å²) in [6, 6.07) is 1.78. The quantitative estimate of drug-likeness (QED) is 0.766. The van der Waals surface area contributed by atoms with Crippen LogP contribution in [0.4, 0.5) is 0 Å². The fourth-order valence-corrected chi connectivity index (χ4v) is 0.688. The van der Waals surface area contributed by atoms with E-state index < -0.39 is 0 Å². The van der Waals surface area contributed by atoms with Crippen LogP contribution < -0.4 is 5.73 Å². The lowest BCUT2D eigenvalue weighted by Crippen LogP contribution is -2.09. The SMILES string of the molecule is Cc1ccnc(C(C)N)n1.Cl.Cl. The van der Waals surface area contributed by atoms with Crippen LogP contribution in [0.2, 0.25) is 0 Å². The van der Waals surface area contributed by atoms with Crippen molar-refractivity contribution < 1.29 is 0 Å². The van der Waals surface area contributed by atoms with Gasteiger partial charge in [0.05, 0.1) is 6.04 Å². The molecule has 0 saturated heterocycles. The minimum atomic E-state index is -0.0695. The molecule has 5 heteroatoms. The molecule has 2 N–H and O–H groups in total. The van der Waals surface area contributed by atoms with Gasteiger partial charge in [0.15, 0.2) is 0 Å². The number of rotatable bonds is 1. The van der Waals surface area contributed by atoms with Crippen LogP contribution in [0, 0.1) is 6.92 Å². The molecule has 12 heavy (non-hydrogen) atoms. The van der Waals surface area contributed by atoms with E-state index in [9.17, 15) is 0 Å². The maximum atomic E-state index is 5.56. The van der Waals surface area contributed by atoms with Gasteiger partial charge in [-0.15, -0.1) is 24.8 Å². The number of nitrogens with zero attached hydrogens (tertiary/aromatic N) is 2. The van der Waals surface area contributed by atoms with Gasteiger partial charge in [-0.1, -0.05) is 0 Å². The Bertz CT molecular complexity index is 228. The van der Waals surface area contributed by atoms with Crippen molar-refractivity contribution in [1.82, 2.24) is 9.97 Å². The first-order chi connectivity index (χ1) is 4.70. The van der Waals surface area contributed by atoms with Gasteiger partial charge in [0.25, 0.3) is 0 Å². The molecule has 1 aromatic heterocycles. The first kappa shape index (κ1) is 14.2. The van der Waals surface area contributed by atoms with E-state index in [-0.39, 0.29) is 30.9 Å². The fourth-order valence-electron chi connectivity index (χ4n) is 0.688. The van der Waals surface area contributed by atoms with E-state index in [4.69, 9.17) is 5.73 Å². The van der Waals surface area contributed by atoms with Crippen molar-refractivity contribution in [2.24, 2.45) is 5.73 Å². The number of aromatic nitrogens is 2. The van der Waals surface area contributed by atoms with E-state index in [1.165, 1.54) is 0 Å². The molecule has 1 rings (SSSR count). The third kappa shape index (κ3) is 3.85. The molecule has 0 aliphatic carbocycles. The van der Waals surface area contributed by atoms with Crippen LogP contribution in [0.3, 0.4) is 0 Å². The highest BCUT2D eigenvalue weighted by Crippen LogP contribution is 2.01. The van der Waals surface area contributed by atoms with Crippen LogP contribution in [-0.4, -0.2) is 9.97 Å². The molecule has 1 aromatic rings. The van der Waals surface area contributed by atoms with Gasteiger partial charge in [0, 0.05) is 11.9 Å². The van der Waals surface area contributed by atoms with E-state index in [0.29, 0.717) is 5.82 Å². The second-order valence-electron chi connectivity index (χ2n) is 2.34. The lowest BCUT2D eigenvalue weighted by Gasteiger charge is -2.02. The summed E-state index contributed by atoms with van der Waals surface area (Å²) in [7, 11) is 0. The first-order valence-corrected chi connectivity index (χ1v) is 3.25. The van der Waals surface area contributed by atoms with Gasteiger partial charge in [-0.3, -0.25) is 0 Å². The molecule has 0 saturated carbocycles. The molecule has 1 atom stereocenters. The maximum absolute atomic E-state index is 5.56. The zero-order valence-electron chi connectivity index (χ0n) is 7.02. The van der Waals surface area contributed by atoms with Crippen LogP contribution in [-0.2, 0) is 0 Å². The Morgan fingerprint density at radius 2 is 2.00 bits per heavy atom. The molecule has 0 aliphatic heterocycles. The highest BCUT2D eigenvalue weighted by molar-refractivity contribution is 5.85. The predicted molar refractivity (Wildman–Crippen MR) is 53.9 cm³/mol. The number of halogens is 2. The molecular formula is C7H13Cl2N3. The summed E-state index contributed by atoms with van der Waals surface area (Å²) in [6.07, 6.45) is 1.72. The molecule has 1 unspecified atom stereocenters. The number of hydrogen-bond acceptors (Lipinski definition) is 3. The van der Waals surface area contributed by atoms with E-state index in [0.717, 1.165) is 5.69 Å². The average Bonchev–Trinajstić information content (AvgIpc) is 1.88. The highest BCUT2D eigenvalue weighted by atomic mass is 35.5. The molecule has 0 radical (unpaired) electrons. The second-order valence-corrected chi connectivity index (χ2v) is 2.34. The van der Waals surface area contributed by atoms with Crippen LogP contribution in [0.25, 0.3) is 0 Å². The molecule has 0 bridgehead atoms. The van der Waals surface area contributed by atoms with Gasteiger partial charge in [-0.25, -0.2) is 9.97 Å². The lowest BCUT2D eigenvalue weighted by atomic mass is 10.3. The summed E-state index contributed by atoms with van der Waals surface area (Å²) >= 11 is 0. The number of aryl methyl sites for hydroxylation is 1. The summed E-state index contributed by atoms with van der Waals surface area (Å²) in [4.78, 5) is 8.14.